The maximum Gasteiger partial charge on any atom is 0.414 e. The SMILES string of the molecule is CC(C[C@H]1CN(c2ccc(Br)cc2F)C(=O)O1)(C(=O)O)S(C)(=O)=O. The van der Waals surface area contributed by atoms with E-state index in [0.717, 1.165) is 18.1 Å². The van der Waals surface area contributed by atoms with Gasteiger partial charge >= 0.3 is 12.1 Å². The Balaban J connectivity index is 2.25. The molecule has 2 atom stereocenters. The lowest BCUT2D eigenvalue weighted by molar-refractivity contribution is -0.140. The molecule has 0 aliphatic carbocycles. The number of hydrogen-bond donors (Lipinski definition) is 1. The quantitative estimate of drug-likeness (QED) is 0.778. The lowest BCUT2D eigenvalue weighted by Gasteiger charge is -2.24. The summed E-state index contributed by atoms with van der Waals surface area (Å²) in [6, 6.07) is 4.08. The minimum Gasteiger partial charge on any atom is -0.480 e. The maximum absolute atomic E-state index is 14.0. The van der Waals surface area contributed by atoms with Crippen molar-refractivity contribution in [1.82, 2.24) is 0 Å². The van der Waals surface area contributed by atoms with Crippen LogP contribution in [0.4, 0.5) is 14.9 Å². The molecule has 1 heterocycles. The summed E-state index contributed by atoms with van der Waals surface area (Å²) in [6.07, 6.45) is -1.47. The van der Waals surface area contributed by atoms with Crippen LogP contribution in [0.3, 0.4) is 0 Å². The van der Waals surface area contributed by atoms with E-state index in [4.69, 9.17) is 4.74 Å². The fraction of sp³-hybridized carbons (Fsp3) is 0.429. The van der Waals surface area contributed by atoms with Crippen LogP contribution in [0.2, 0.25) is 0 Å². The van der Waals surface area contributed by atoms with E-state index < -0.39 is 45.0 Å². The van der Waals surface area contributed by atoms with Crippen molar-refractivity contribution in [3.63, 3.8) is 0 Å². The largest absolute Gasteiger partial charge is 0.480 e. The molecule has 1 aromatic carbocycles. The van der Waals surface area contributed by atoms with Gasteiger partial charge in [0.15, 0.2) is 14.6 Å². The third-order valence-corrected chi connectivity index (χ3v) is 6.43. The Hall–Kier alpha value is -1.68. The summed E-state index contributed by atoms with van der Waals surface area (Å²) in [7, 11) is -3.95. The van der Waals surface area contributed by atoms with Gasteiger partial charge < -0.3 is 9.84 Å². The monoisotopic (exact) mass is 423 g/mol. The van der Waals surface area contributed by atoms with Gasteiger partial charge in [0.1, 0.15) is 11.9 Å². The van der Waals surface area contributed by atoms with Crippen LogP contribution in [0.1, 0.15) is 13.3 Å². The third kappa shape index (κ3) is 3.39. The third-order valence-electron chi connectivity index (χ3n) is 3.96. The molecule has 1 aliphatic heterocycles. The number of nitrogens with zero attached hydrogens (tertiary/aromatic N) is 1. The predicted molar refractivity (Wildman–Crippen MR) is 87.2 cm³/mol. The van der Waals surface area contributed by atoms with Gasteiger partial charge in [0.25, 0.3) is 0 Å². The molecule has 1 unspecified atom stereocenters. The van der Waals surface area contributed by atoms with Crippen molar-refractivity contribution in [2.45, 2.75) is 24.2 Å². The Morgan fingerprint density at radius 1 is 1.54 bits per heavy atom. The van der Waals surface area contributed by atoms with E-state index in [1.165, 1.54) is 18.2 Å². The summed E-state index contributed by atoms with van der Waals surface area (Å²) >= 11 is 3.10. The summed E-state index contributed by atoms with van der Waals surface area (Å²) in [6.45, 7) is 0.914. The van der Waals surface area contributed by atoms with Crippen LogP contribution >= 0.6 is 15.9 Å². The smallest absolute Gasteiger partial charge is 0.414 e. The number of halogens is 2. The van der Waals surface area contributed by atoms with Crippen LogP contribution in [0.15, 0.2) is 22.7 Å². The van der Waals surface area contributed by atoms with Gasteiger partial charge in [-0.1, -0.05) is 15.9 Å². The van der Waals surface area contributed by atoms with E-state index >= 15 is 0 Å². The van der Waals surface area contributed by atoms with E-state index in [2.05, 4.69) is 15.9 Å². The molecule has 1 aromatic rings. The molecule has 1 amide bonds. The number of hydrogen-bond acceptors (Lipinski definition) is 5. The first-order valence-electron chi connectivity index (χ1n) is 6.82. The molecular formula is C14H15BrFNO6S. The summed E-state index contributed by atoms with van der Waals surface area (Å²) in [5, 5.41) is 9.25. The molecule has 1 saturated heterocycles. The average Bonchev–Trinajstić information content (AvgIpc) is 2.77. The standard InChI is InChI=1S/C14H15BrFNO6S/c1-14(12(18)19,24(2,21)22)6-9-7-17(13(20)23-9)11-4-3-8(15)5-10(11)16/h3-5,9H,6-7H2,1-2H3,(H,18,19)/t9-,14?/m0/s1. The molecule has 0 spiro atoms. The van der Waals surface area contributed by atoms with Crippen LogP contribution in [-0.2, 0) is 19.4 Å². The van der Waals surface area contributed by atoms with E-state index in [1.54, 1.807) is 0 Å². The van der Waals surface area contributed by atoms with Gasteiger partial charge in [-0.25, -0.2) is 17.6 Å². The zero-order valence-corrected chi connectivity index (χ0v) is 15.2. The van der Waals surface area contributed by atoms with E-state index in [-0.39, 0.29) is 12.2 Å². The van der Waals surface area contributed by atoms with Gasteiger partial charge in [0.2, 0.25) is 0 Å². The number of anilines is 1. The van der Waals surface area contributed by atoms with Crippen LogP contribution in [-0.4, -0.2) is 49.2 Å². The number of amides is 1. The number of benzene rings is 1. The van der Waals surface area contributed by atoms with Crippen molar-refractivity contribution in [2.75, 3.05) is 17.7 Å². The minimum atomic E-state index is -3.95. The fourth-order valence-corrected chi connectivity index (χ4v) is 3.50. The highest BCUT2D eigenvalue weighted by atomic mass is 79.9. The van der Waals surface area contributed by atoms with Crippen molar-refractivity contribution in [3.05, 3.63) is 28.5 Å². The molecule has 7 nitrogen and oxygen atoms in total. The fourth-order valence-electron chi connectivity index (χ4n) is 2.36. The molecule has 0 bridgehead atoms. The van der Waals surface area contributed by atoms with Crippen molar-refractivity contribution in [1.29, 1.82) is 0 Å². The number of cyclic esters (lactones) is 1. The average molecular weight is 424 g/mol. The molecule has 132 valence electrons. The normalized spacial score (nSPS) is 20.6. The second-order valence-electron chi connectivity index (χ2n) is 5.72. The number of carboxylic acids is 1. The van der Waals surface area contributed by atoms with Gasteiger partial charge in [-0.2, -0.15) is 0 Å². The molecule has 10 heteroatoms. The van der Waals surface area contributed by atoms with Gasteiger partial charge in [-0.15, -0.1) is 0 Å². The molecule has 0 saturated carbocycles. The number of carbonyl (C=O) groups is 2. The predicted octanol–water partition coefficient (Wildman–Crippen LogP) is 2.19. The van der Waals surface area contributed by atoms with Crippen molar-refractivity contribution >= 4 is 43.5 Å². The van der Waals surface area contributed by atoms with Crippen molar-refractivity contribution in [3.8, 4) is 0 Å². The summed E-state index contributed by atoms with van der Waals surface area (Å²) in [5.41, 5.74) is -0.0258. The molecule has 24 heavy (non-hydrogen) atoms. The number of sulfone groups is 1. The second kappa shape index (κ2) is 6.32. The van der Waals surface area contributed by atoms with Gasteiger partial charge in [-0.05, 0) is 25.1 Å². The lowest BCUT2D eigenvalue weighted by Crippen LogP contribution is -2.46. The summed E-state index contributed by atoms with van der Waals surface area (Å²) < 4.78 is 41.0. The Morgan fingerprint density at radius 2 is 2.17 bits per heavy atom. The number of ether oxygens (including phenoxy) is 1. The van der Waals surface area contributed by atoms with Gasteiger partial charge in [0.05, 0.1) is 12.2 Å². The minimum absolute atomic E-state index is 0.0258. The number of rotatable bonds is 5. The first-order valence-corrected chi connectivity index (χ1v) is 9.50. The van der Waals surface area contributed by atoms with Crippen molar-refractivity contribution in [2.24, 2.45) is 0 Å². The molecule has 1 fully saturated rings. The number of carbonyl (C=O) groups excluding carboxylic acids is 1. The van der Waals surface area contributed by atoms with Crippen LogP contribution in [0.5, 0.6) is 0 Å². The second-order valence-corrected chi connectivity index (χ2v) is 9.09. The number of carboxylic acid groups (broad SMARTS) is 1. The topological polar surface area (TPSA) is 101 Å². The Morgan fingerprint density at radius 3 is 2.67 bits per heavy atom. The molecule has 0 aromatic heterocycles. The van der Waals surface area contributed by atoms with E-state index in [9.17, 15) is 27.5 Å². The van der Waals surface area contributed by atoms with Crippen LogP contribution < -0.4 is 4.90 Å². The summed E-state index contributed by atoms with van der Waals surface area (Å²) in [4.78, 5) is 24.3. The van der Waals surface area contributed by atoms with Crippen LogP contribution in [0.25, 0.3) is 0 Å². The van der Waals surface area contributed by atoms with Crippen molar-refractivity contribution < 1.29 is 32.2 Å². The highest BCUT2D eigenvalue weighted by Gasteiger charge is 2.48. The zero-order valence-electron chi connectivity index (χ0n) is 12.8. The molecule has 0 radical (unpaired) electrons. The van der Waals surface area contributed by atoms with E-state index in [0.29, 0.717) is 4.47 Å². The van der Waals surface area contributed by atoms with E-state index in [1.807, 2.05) is 0 Å². The number of aliphatic carboxylic acids is 1. The molecular weight excluding hydrogens is 409 g/mol. The van der Waals surface area contributed by atoms with Crippen LogP contribution in [0, 0.1) is 5.82 Å². The maximum atomic E-state index is 14.0. The Kier molecular flexibility index (Phi) is 4.91. The van der Waals surface area contributed by atoms with Gasteiger partial charge in [0, 0.05) is 17.1 Å². The highest BCUT2D eigenvalue weighted by molar-refractivity contribution is 9.10. The summed E-state index contributed by atoms with van der Waals surface area (Å²) in [5.74, 6) is -2.19. The first-order chi connectivity index (χ1) is 11.0. The van der Waals surface area contributed by atoms with Gasteiger partial charge in [-0.3, -0.25) is 9.69 Å². The Bertz CT molecular complexity index is 798. The molecule has 1 N–H and O–H groups in total. The molecule has 1 aliphatic rings. The molecule has 2 rings (SSSR count). The lowest BCUT2D eigenvalue weighted by atomic mass is 10.0. The Labute approximate surface area is 146 Å². The zero-order chi connectivity index (χ0) is 18.3. The highest BCUT2D eigenvalue weighted by Crippen LogP contribution is 2.31. The first kappa shape index (κ1) is 18.7.